The molecule has 0 aliphatic heterocycles. The molecule has 0 atom stereocenters. The highest BCUT2D eigenvalue weighted by molar-refractivity contribution is 7.58. The van der Waals surface area contributed by atoms with Gasteiger partial charge in [-0.15, -0.1) is 5.73 Å². The first-order chi connectivity index (χ1) is 7.64. The third kappa shape index (κ3) is 4.91. The monoisotopic (exact) mass is 246 g/mol. The number of rotatable bonds is 8. The van der Waals surface area contributed by atoms with E-state index in [0.717, 1.165) is 6.42 Å². The molecule has 0 unspecified atom stereocenters. The number of carbonyl (C=O) groups excluding carboxylic acids is 1. The average molecular weight is 246 g/mol. The van der Waals surface area contributed by atoms with Crippen molar-refractivity contribution in [1.82, 2.24) is 0 Å². The number of aldehydes is 1. The van der Waals surface area contributed by atoms with Crippen molar-refractivity contribution in [3.8, 4) is 0 Å². The molecule has 0 spiro atoms. The smallest absolute Gasteiger partial charge is 0.305 e. The Bertz CT molecular complexity index is 306. The fourth-order valence-electron chi connectivity index (χ4n) is 1.19. The maximum Gasteiger partial charge on any atom is 0.364 e. The van der Waals surface area contributed by atoms with Gasteiger partial charge in [0, 0.05) is 6.08 Å². The van der Waals surface area contributed by atoms with Crippen LogP contribution in [0.5, 0.6) is 0 Å². The SMILES string of the molecule is CCCC(=C=CC=O)P(=O)(OCC)OCC. The molecule has 0 saturated carbocycles. The normalized spacial score (nSPS) is 10.7. The maximum absolute atomic E-state index is 12.3. The van der Waals surface area contributed by atoms with Crippen LogP contribution in [0.1, 0.15) is 33.6 Å². The summed E-state index contributed by atoms with van der Waals surface area (Å²) in [4.78, 5) is 10.3. The summed E-state index contributed by atoms with van der Waals surface area (Å²) in [6.07, 6.45) is 3.12. The van der Waals surface area contributed by atoms with E-state index < -0.39 is 7.60 Å². The molecule has 0 saturated heterocycles. The second-order valence-electron chi connectivity index (χ2n) is 2.98. The van der Waals surface area contributed by atoms with Crippen LogP contribution in [0.25, 0.3) is 0 Å². The lowest BCUT2D eigenvalue weighted by molar-refractivity contribution is -0.104. The Morgan fingerprint density at radius 3 is 2.19 bits per heavy atom. The largest absolute Gasteiger partial charge is 0.364 e. The van der Waals surface area contributed by atoms with Crippen LogP contribution < -0.4 is 0 Å². The van der Waals surface area contributed by atoms with E-state index in [4.69, 9.17) is 9.05 Å². The van der Waals surface area contributed by atoms with Crippen molar-refractivity contribution in [2.75, 3.05) is 13.2 Å². The molecule has 0 aromatic heterocycles. The number of carbonyl (C=O) groups is 1. The topological polar surface area (TPSA) is 52.6 Å². The molecule has 0 N–H and O–H groups in total. The van der Waals surface area contributed by atoms with Crippen molar-refractivity contribution in [1.29, 1.82) is 0 Å². The van der Waals surface area contributed by atoms with Crippen LogP contribution in [-0.4, -0.2) is 19.5 Å². The van der Waals surface area contributed by atoms with E-state index in [2.05, 4.69) is 5.73 Å². The number of hydrogen-bond acceptors (Lipinski definition) is 4. The van der Waals surface area contributed by atoms with Crippen LogP contribution in [0.2, 0.25) is 0 Å². The molecule has 0 radical (unpaired) electrons. The second kappa shape index (κ2) is 8.49. The van der Waals surface area contributed by atoms with E-state index in [-0.39, 0.29) is 0 Å². The van der Waals surface area contributed by atoms with Crippen molar-refractivity contribution in [3.63, 3.8) is 0 Å². The van der Waals surface area contributed by atoms with Crippen molar-refractivity contribution in [3.05, 3.63) is 17.1 Å². The van der Waals surface area contributed by atoms with E-state index in [1.165, 1.54) is 6.08 Å². The van der Waals surface area contributed by atoms with Crippen molar-refractivity contribution < 1.29 is 18.4 Å². The summed E-state index contributed by atoms with van der Waals surface area (Å²) in [7, 11) is -3.26. The molecule has 0 aliphatic rings. The van der Waals surface area contributed by atoms with E-state index in [1.807, 2.05) is 6.92 Å². The highest BCUT2D eigenvalue weighted by Gasteiger charge is 2.28. The van der Waals surface area contributed by atoms with Crippen LogP contribution in [0.15, 0.2) is 17.1 Å². The molecule has 0 aromatic carbocycles. The number of allylic oxidation sites excluding steroid dienone is 1. The zero-order valence-corrected chi connectivity index (χ0v) is 11.0. The van der Waals surface area contributed by atoms with Gasteiger partial charge in [-0.05, 0) is 20.3 Å². The Labute approximate surface area is 96.9 Å². The molecule has 0 aliphatic carbocycles. The van der Waals surface area contributed by atoms with Gasteiger partial charge in [-0.3, -0.25) is 9.36 Å². The summed E-state index contributed by atoms with van der Waals surface area (Å²) in [5, 5.41) is 0.436. The van der Waals surface area contributed by atoms with Crippen molar-refractivity contribution in [2.24, 2.45) is 0 Å². The number of hydrogen-bond donors (Lipinski definition) is 0. The third-order valence-corrected chi connectivity index (χ3v) is 3.94. The Hall–Kier alpha value is -0.660. The zero-order chi connectivity index (χ0) is 12.4. The molecule has 0 heterocycles. The molecule has 5 heteroatoms. The predicted octanol–water partition coefficient (Wildman–Crippen LogP) is 3.29. The lowest BCUT2D eigenvalue weighted by Crippen LogP contribution is -1.98. The summed E-state index contributed by atoms with van der Waals surface area (Å²) < 4.78 is 22.7. The third-order valence-electron chi connectivity index (χ3n) is 1.73. The van der Waals surface area contributed by atoms with E-state index in [1.54, 1.807) is 13.8 Å². The molecule has 0 fully saturated rings. The molecule has 0 amide bonds. The van der Waals surface area contributed by atoms with Gasteiger partial charge in [-0.25, -0.2) is 0 Å². The first kappa shape index (κ1) is 15.3. The minimum atomic E-state index is -3.26. The van der Waals surface area contributed by atoms with Gasteiger partial charge in [0.25, 0.3) is 0 Å². The molecular formula is C11H19O4P. The highest BCUT2D eigenvalue weighted by Crippen LogP contribution is 2.57. The zero-order valence-electron chi connectivity index (χ0n) is 10.1. The molecule has 16 heavy (non-hydrogen) atoms. The van der Waals surface area contributed by atoms with Gasteiger partial charge in [-0.1, -0.05) is 13.3 Å². The Morgan fingerprint density at radius 1 is 1.25 bits per heavy atom. The second-order valence-corrected chi connectivity index (χ2v) is 5.03. The van der Waals surface area contributed by atoms with Gasteiger partial charge in [0.05, 0.1) is 18.5 Å². The Kier molecular flexibility index (Phi) is 8.14. The molecule has 4 nitrogen and oxygen atoms in total. The van der Waals surface area contributed by atoms with Gasteiger partial charge in [0.1, 0.15) is 0 Å². The van der Waals surface area contributed by atoms with Gasteiger partial charge in [0.15, 0.2) is 6.29 Å². The maximum atomic E-state index is 12.3. The van der Waals surface area contributed by atoms with Crippen molar-refractivity contribution >= 4 is 13.9 Å². The average Bonchev–Trinajstić information content (AvgIpc) is 2.24. The highest BCUT2D eigenvalue weighted by atomic mass is 31.2. The van der Waals surface area contributed by atoms with Crippen LogP contribution in [0.4, 0.5) is 0 Å². The van der Waals surface area contributed by atoms with Crippen LogP contribution in [0, 0.1) is 0 Å². The quantitative estimate of drug-likeness (QED) is 0.285. The predicted molar refractivity (Wildman–Crippen MR) is 63.4 cm³/mol. The van der Waals surface area contributed by atoms with Gasteiger partial charge >= 0.3 is 7.60 Å². The lowest BCUT2D eigenvalue weighted by Gasteiger charge is -2.18. The minimum absolute atomic E-state index is 0.299. The van der Waals surface area contributed by atoms with Gasteiger partial charge in [-0.2, -0.15) is 0 Å². The summed E-state index contributed by atoms with van der Waals surface area (Å²) in [5.74, 6) is 0. The summed E-state index contributed by atoms with van der Waals surface area (Å²) in [5.41, 5.74) is 2.69. The summed E-state index contributed by atoms with van der Waals surface area (Å²) in [6, 6.07) is 0. The minimum Gasteiger partial charge on any atom is -0.305 e. The van der Waals surface area contributed by atoms with Crippen molar-refractivity contribution in [2.45, 2.75) is 33.6 Å². The molecule has 0 aromatic rings. The first-order valence-corrected chi connectivity index (χ1v) is 6.97. The molecule has 0 rings (SSSR count). The fraction of sp³-hybridized carbons (Fsp3) is 0.636. The molecule has 0 bridgehead atoms. The van der Waals surface area contributed by atoms with Gasteiger partial charge in [0.2, 0.25) is 0 Å². The summed E-state index contributed by atoms with van der Waals surface area (Å²) >= 11 is 0. The van der Waals surface area contributed by atoms with E-state index in [0.29, 0.717) is 31.2 Å². The standard InChI is InChI=1S/C11H19O4P/c1-4-8-11(9-7-10-12)16(13,14-5-2)15-6-3/h7,10H,4-6,8H2,1-3H3. The molecule has 92 valence electrons. The molecular weight excluding hydrogens is 227 g/mol. The Morgan fingerprint density at radius 2 is 1.81 bits per heavy atom. The van der Waals surface area contributed by atoms with Gasteiger partial charge < -0.3 is 9.05 Å². The van der Waals surface area contributed by atoms with Crippen LogP contribution in [0.3, 0.4) is 0 Å². The first-order valence-electron chi connectivity index (χ1n) is 5.43. The lowest BCUT2D eigenvalue weighted by atomic mass is 10.3. The Balaban J connectivity index is 5.17. The fourth-order valence-corrected chi connectivity index (χ4v) is 2.98. The van der Waals surface area contributed by atoms with E-state index >= 15 is 0 Å². The van der Waals surface area contributed by atoms with Crippen LogP contribution in [-0.2, 0) is 18.4 Å². The summed E-state index contributed by atoms with van der Waals surface area (Å²) in [6.45, 7) is 6.04. The van der Waals surface area contributed by atoms with E-state index in [9.17, 15) is 9.36 Å². The van der Waals surface area contributed by atoms with Crippen LogP contribution >= 0.6 is 7.60 Å².